The van der Waals surface area contributed by atoms with Crippen LogP contribution in [0.5, 0.6) is 0 Å². The highest BCUT2D eigenvalue weighted by Crippen LogP contribution is 2.35. The van der Waals surface area contributed by atoms with Gasteiger partial charge in [-0.2, -0.15) is 13.2 Å². The van der Waals surface area contributed by atoms with Gasteiger partial charge < -0.3 is 14.0 Å². The first-order valence-electron chi connectivity index (χ1n) is 9.38. The Morgan fingerprint density at radius 3 is 2.69 bits per heavy atom. The molecule has 152 valence electrons. The molecule has 1 aliphatic heterocycles. The molecule has 8 heteroatoms. The molecule has 1 fully saturated rings. The second kappa shape index (κ2) is 7.87. The number of pyridine rings is 1. The molecular weight excluding hydrogens is 383 g/mol. The summed E-state index contributed by atoms with van der Waals surface area (Å²) in [5.41, 5.74) is 1.07. The van der Waals surface area contributed by atoms with Gasteiger partial charge in [0.05, 0.1) is 24.5 Å². The first-order valence-corrected chi connectivity index (χ1v) is 9.38. The number of hydrogen-bond acceptors (Lipinski definition) is 3. The third-order valence-electron chi connectivity index (χ3n) is 5.16. The number of halogens is 3. The molecule has 1 amide bonds. The number of morpholine rings is 1. The van der Waals surface area contributed by atoms with Gasteiger partial charge >= 0.3 is 6.18 Å². The summed E-state index contributed by atoms with van der Waals surface area (Å²) >= 11 is 0. The highest BCUT2D eigenvalue weighted by molar-refractivity contribution is 5.78. The Bertz CT molecular complexity index is 1010. The number of hydrogen-bond donors (Lipinski definition) is 0. The number of carbonyl (C=O) groups is 1. The number of benzene rings is 1. The van der Waals surface area contributed by atoms with Crippen LogP contribution in [-0.4, -0.2) is 46.5 Å². The van der Waals surface area contributed by atoms with E-state index in [1.54, 1.807) is 23.4 Å². The lowest BCUT2D eigenvalue weighted by atomic mass is 9.90. The Kier molecular flexibility index (Phi) is 5.27. The number of ether oxygens (including phenoxy) is 1. The fraction of sp³-hybridized carbons (Fsp3) is 0.333. The molecule has 1 unspecified atom stereocenters. The minimum atomic E-state index is -4.45. The number of alkyl halides is 3. The fourth-order valence-corrected chi connectivity index (χ4v) is 3.65. The average Bonchev–Trinajstić information content (AvgIpc) is 3.16. The van der Waals surface area contributed by atoms with E-state index in [0.717, 1.165) is 12.1 Å². The van der Waals surface area contributed by atoms with Crippen LogP contribution in [0.3, 0.4) is 0 Å². The van der Waals surface area contributed by atoms with Gasteiger partial charge in [0, 0.05) is 37.8 Å². The van der Waals surface area contributed by atoms with Crippen LogP contribution in [-0.2, 0) is 15.7 Å². The van der Waals surface area contributed by atoms with Crippen LogP contribution in [0.1, 0.15) is 29.2 Å². The first-order chi connectivity index (χ1) is 13.9. The predicted octanol–water partition coefficient (Wildman–Crippen LogP) is 3.73. The number of imidazole rings is 1. The monoisotopic (exact) mass is 403 g/mol. The zero-order valence-electron chi connectivity index (χ0n) is 15.6. The zero-order chi connectivity index (χ0) is 20.4. The summed E-state index contributed by atoms with van der Waals surface area (Å²) in [6, 6.07) is 10.7. The van der Waals surface area contributed by atoms with Gasteiger partial charge in [-0.1, -0.05) is 24.3 Å². The van der Waals surface area contributed by atoms with Crippen LogP contribution < -0.4 is 0 Å². The van der Waals surface area contributed by atoms with E-state index in [4.69, 9.17) is 4.74 Å². The molecule has 2 aromatic heterocycles. The summed E-state index contributed by atoms with van der Waals surface area (Å²) in [5, 5.41) is 0. The van der Waals surface area contributed by atoms with Gasteiger partial charge in [0.15, 0.2) is 0 Å². The molecule has 1 aromatic carbocycles. The van der Waals surface area contributed by atoms with Crippen molar-refractivity contribution >= 4 is 11.6 Å². The summed E-state index contributed by atoms with van der Waals surface area (Å²) in [4.78, 5) is 19.0. The lowest BCUT2D eigenvalue weighted by Crippen LogP contribution is -2.41. The van der Waals surface area contributed by atoms with Crippen molar-refractivity contribution in [1.29, 1.82) is 0 Å². The standard InChI is InChI=1S/C21H20F3N3O2/c22-21(23,24)16-5-3-4-15(12-16)17(13-20(28)26-8-10-29-11-9-26)18-14-25-19-6-1-2-7-27(18)19/h1-7,12,14,17H,8-11,13H2. The van der Waals surface area contributed by atoms with Crippen LogP contribution in [0.4, 0.5) is 13.2 Å². The molecule has 0 bridgehead atoms. The molecule has 0 saturated carbocycles. The van der Waals surface area contributed by atoms with Crippen molar-refractivity contribution < 1.29 is 22.7 Å². The Labute approximate surface area is 165 Å². The SMILES string of the molecule is O=C(CC(c1cccc(C(F)(F)F)c1)c1cnc2ccccn12)N1CCOCC1. The maximum Gasteiger partial charge on any atom is 0.416 e. The summed E-state index contributed by atoms with van der Waals surface area (Å²) < 4.78 is 46.9. The summed E-state index contributed by atoms with van der Waals surface area (Å²) in [5.74, 6) is -0.661. The topological polar surface area (TPSA) is 46.8 Å². The third-order valence-corrected chi connectivity index (χ3v) is 5.16. The number of nitrogens with zero attached hydrogens (tertiary/aromatic N) is 3. The molecule has 1 saturated heterocycles. The number of aromatic nitrogens is 2. The normalized spacial score (nSPS) is 16.2. The Hall–Kier alpha value is -2.87. The smallest absolute Gasteiger partial charge is 0.378 e. The Morgan fingerprint density at radius 2 is 1.93 bits per heavy atom. The first kappa shape index (κ1) is 19.4. The lowest BCUT2D eigenvalue weighted by molar-refractivity contribution is -0.137. The number of carbonyl (C=O) groups excluding carboxylic acids is 1. The van der Waals surface area contributed by atoms with Crippen LogP contribution in [0.2, 0.25) is 0 Å². The third kappa shape index (κ3) is 4.12. The maximum absolute atomic E-state index is 13.3. The minimum absolute atomic E-state index is 0.0595. The van der Waals surface area contributed by atoms with E-state index in [0.29, 0.717) is 43.2 Å². The lowest BCUT2D eigenvalue weighted by Gasteiger charge is -2.28. The molecule has 0 radical (unpaired) electrons. The molecule has 4 rings (SSSR count). The van der Waals surface area contributed by atoms with Gasteiger partial charge in [0.1, 0.15) is 5.65 Å². The highest BCUT2D eigenvalue weighted by Gasteiger charge is 2.32. The minimum Gasteiger partial charge on any atom is -0.378 e. The number of amides is 1. The second-order valence-corrected chi connectivity index (χ2v) is 6.98. The van der Waals surface area contributed by atoms with Gasteiger partial charge in [-0.25, -0.2) is 4.98 Å². The highest BCUT2D eigenvalue weighted by atomic mass is 19.4. The molecule has 3 heterocycles. The van der Waals surface area contributed by atoms with E-state index in [1.165, 1.54) is 6.07 Å². The van der Waals surface area contributed by atoms with E-state index in [2.05, 4.69) is 4.98 Å². The van der Waals surface area contributed by atoms with Crippen molar-refractivity contribution in [3.63, 3.8) is 0 Å². The van der Waals surface area contributed by atoms with Crippen LogP contribution >= 0.6 is 0 Å². The van der Waals surface area contributed by atoms with Gasteiger partial charge in [0.25, 0.3) is 0 Å². The van der Waals surface area contributed by atoms with Crippen molar-refractivity contribution in [2.24, 2.45) is 0 Å². The molecule has 5 nitrogen and oxygen atoms in total. The van der Waals surface area contributed by atoms with Crippen molar-refractivity contribution in [1.82, 2.24) is 14.3 Å². The van der Waals surface area contributed by atoms with Crippen molar-refractivity contribution in [3.8, 4) is 0 Å². The molecule has 0 spiro atoms. The maximum atomic E-state index is 13.3. The fourth-order valence-electron chi connectivity index (χ4n) is 3.65. The van der Waals surface area contributed by atoms with E-state index in [1.807, 2.05) is 22.6 Å². The Balaban J connectivity index is 1.74. The number of rotatable bonds is 4. The van der Waals surface area contributed by atoms with Crippen molar-refractivity contribution in [2.45, 2.75) is 18.5 Å². The molecule has 3 aromatic rings. The van der Waals surface area contributed by atoms with E-state index < -0.39 is 17.7 Å². The summed E-state index contributed by atoms with van der Waals surface area (Å²) in [6.07, 6.45) is -0.956. The average molecular weight is 403 g/mol. The quantitative estimate of drug-likeness (QED) is 0.667. The van der Waals surface area contributed by atoms with Crippen LogP contribution in [0.25, 0.3) is 5.65 Å². The molecule has 1 atom stereocenters. The van der Waals surface area contributed by atoms with E-state index in [9.17, 15) is 18.0 Å². The molecule has 29 heavy (non-hydrogen) atoms. The van der Waals surface area contributed by atoms with Crippen molar-refractivity contribution in [2.75, 3.05) is 26.3 Å². The van der Waals surface area contributed by atoms with Gasteiger partial charge in [0.2, 0.25) is 5.91 Å². The van der Waals surface area contributed by atoms with Crippen LogP contribution in [0, 0.1) is 0 Å². The zero-order valence-corrected chi connectivity index (χ0v) is 15.6. The molecule has 1 aliphatic rings. The molecule has 0 aliphatic carbocycles. The van der Waals surface area contributed by atoms with Gasteiger partial charge in [-0.15, -0.1) is 0 Å². The molecule has 0 N–H and O–H groups in total. The number of fused-ring (bicyclic) bond motifs is 1. The van der Waals surface area contributed by atoms with E-state index >= 15 is 0 Å². The van der Waals surface area contributed by atoms with Crippen molar-refractivity contribution in [3.05, 3.63) is 71.7 Å². The largest absolute Gasteiger partial charge is 0.416 e. The molecular formula is C21H20F3N3O2. The summed E-state index contributed by atoms with van der Waals surface area (Å²) in [6.45, 7) is 1.91. The Morgan fingerprint density at radius 1 is 1.14 bits per heavy atom. The van der Waals surface area contributed by atoms with Gasteiger partial charge in [-0.3, -0.25) is 4.79 Å². The second-order valence-electron chi connectivity index (χ2n) is 6.98. The predicted molar refractivity (Wildman–Crippen MR) is 100 cm³/mol. The van der Waals surface area contributed by atoms with Gasteiger partial charge in [-0.05, 0) is 23.8 Å². The van der Waals surface area contributed by atoms with E-state index in [-0.39, 0.29) is 12.3 Å². The summed E-state index contributed by atoms with van der Waals surface area (Å²) in [7, 11) is 0. The van der Waals surface area contributed by atoms with Crippen LogP contribution in [0.15, 0.2) is 54.9 Å².